The number of hydrogen-bond acceptors (Lipinski definition) is 4. The Bertz CT molecular complexity index is 135. The average Bonchev–Trinajstić information content (AvgIpc) is 1.86. The van der Waals surface area contributed by atoms with Gasteiger partial charge < -0.3 is 20.4 Å². The zero-order chi connectivity index (χ0) is 10.2. The standard InChI is InChI=1S/C4H10O3.C3H4O2/c1-2-3-4(5,6)7;1-2-3(4)5/h5-7H,2-3H2,1H3;2H,1H2,(H,4,5). The van der Waals surface area contributed by atoms with Crippen molar-refractivity contribution in [1.82, 2.24) is 0 Å². The van der Waals surface area contributed by atoms with Gasteiger partial charge in [-0.2, -0.15) is 0 Å². The fourth-order valence-electron chi connectivity index (χ4n) is 0.335. The third-order valence-electron chi connectivity index (χ3n) is 0.760. The van der Waals surface area contributed by atoms with E-state index in [1.807, 2.05) is 0 Å². The monoisotopic (exact) mass is 178 g/mol. The minimum Gasteiger partial charge on any atom is -0.478 e. The van der Waals surface area contributed by atoms with Gasteiger partial charge in [-0.25, -0.2) is 4.79 Å². The summed E-state index contributed by atoms with van der Waals surface area (Å²) in [6.45, 7) is 4.71. The quantitative estimate of drug-likeness (QED) is 0.350. The van der Waals surface area contributed by atoms with Gasteiger partial charge in [0.25, 0.3) is 5.97 Å². The number of carboxylic acid groups (broad SMARTS) is 1. The SMILES string of the molecule is C=CC(=O)O.CCCC(O)(O)O. The first-order valence-electron chi connectivity index (χ1n) is 3.36. The van der Waals surface area contributed by atoms with Gasteiger partial charge in [-0.3, -0.25) is 0 Å². The van der Waals surface area contributed by atoms with E-state index in [-0.39, 0.29) is 6.42 Å². The van der Waals surface area contributed by atoms with Crippen LogP contribution in [0.15, 0.2) is 12.7 Å². The second-order valence-electron chi connectivity index (χ2n) is 2.07. The molecule has 5 heteroatoms. The lowest BCUT2D eigenvalue weighted by Gasteiger charge is -2.10. The van der Waals surface area contributed by atoms with Crippen LogP contribution >= 0.6 is 0 Å². The molecule has 0 spiro atoms. The summed E-state index contributed by atoms with van der Waals surface area (Å²) in [7, 11) is 0. The lowest BCUT2D eigenvalue weighted by molar-refractivity contribution is -0.314. The van der Waals surface area contributed by atoms with Gasteiger partial charge in [0.15, 0.2) is 0 Å². The molecule has 0 amide bonds. The molecule has 0 aliphatic carbocycles. The molecule has 0 aromatic heterocycles. The molecule has 0 saturated carbocycles. The lowest BCUT2D eigenvalue weighted by Crippen LogP contribution is -2.26. The first-order chi connectivity index (χ1) is 5.33. The summed E-state index contributed by atoms with van der Waals surface area (Å²) in [4.78, 5) is 9.25. The van der Waals surface area contributed by atoms with Crippen molar-refractivity contribution in [2.24, 2.45) is 0 Å². The van der Waals surface area contributed by atoms with Crippen LogP contribution in [0, 0.1) is 0 Å². The van der Waals surface area contributed by atoms with Gasteiger partial charge in [-0.1, -0.05) is 13.5 Å². The predicted molar refractivity (Wildman–Crippen MR) is 42.1 cm³/mol. The van der Waals surface area contributed by atoms with E-state index in [2.05, 4.69) is 6.58 Å². The van der Waals surface area contributed by atoms with E-state index in [1.54, 1.807) is 6.92 Å². The van der Waals surface area contributed by atoms with Crippen molar-refractivity contribution in [2.75, 3.05) is 0 Å². The minimum absolute atomic E-state index is 0.00694. The van der Waals surface area contributed by atoms with Gasteiger partial charge in [0, 0.05) is 12.5 Å². The van der Waals surface area contributed by atoms with Crippen LogP contribution in [0.25, 0.3) is 0 Å². The Balaban J connectivity index is 0. The number of aliphatic hydroxyl groups is 3. The molecule has 0 unspecified atom stereocenters. The highest BCUT2D eigenvalue weighted by molar-refractivity contribution is 5.78. The summed E-state index contributed by atoms with van der Waals surface area (Å²) in [5.74, 6) is -3.43. The zero-order valence-electron chi connectivity index (χ0n) is 6.90. The van der Waals surface area contributed by atoms with Crippen LogP contribution in [0.3, 0.4) is 0 Å². The maximum Gasteiger partial charge on any atom is 0.327 e. The average molecular weight is 178 g/mol. The fourth-order valence-corrected chi connectivity index (χ4v) is 0.335. The van der Waals surface area contributed by atoms with Crippen molar-refractivity contribution in [3.05, 3.63) is 12.7 Å². The van der Waals surface area contributed by atoms with Crippen LogP contribution in [0.4, 0.5) is 0 Å². The van der Waals surface area contributed by atoms with Crippen LogP contribution in [0.5, 0.6) is 0 Å². The molecule has 0 bridgehead atoms. The third-order valence-corrected chi connectivity index (χ3v) is 0.760. The molecule has 5 nitrogen and oxygen atoms in total. The molecular formula is C7H14O5. The summed E-state index contributed by atoms with van der Waals surface area (Å²) in [6, 6.07) is 0. The molecule has 0 atom stereocenters. The number of rotatable bonds is 3. The molecule has 4 N–H and O–H groups in total. The van der Waals surface area contributed by atoms with Crippen molar-refractivity contribution in [3.63, 3.8) is 0 Å². The van der Waals surface area contributed by atoms with E-state index in [1.165, 1.54) is 0 Å². The normalized spacial score (nSPS) is 9.67. The van der Waals surface area contributed by atoms with Crippen LogP contribution < -0.4 is 0 Å². The molecule has 0 aliphatic heterocycles. The summed E-state index contributed by atoms with van der Waals surface area (Å²) in [6.07, 6.45) is 1.40. The van der Waals surface area contributed by atoms with E-state index in [0.717, 1.165) is 6.08 Å². The Labute approximate surface area is 70.6 Å². The van der Waals surface area contributed by atoms with Crippen molar-refractivity contribution in [1.29, 1.82) is 0 Å². The smallest absolute Gasteiger partial charge is 0.327 e. The van der Waals surface area contributed by atoms with Crippen molar-refractivity contribution in [3.8, 4) is 0 Å². The highest BCUT2D eigenvalue weighted by atomic mass is 16.7. The highest BCUT2D eigenvalue weighted by Crippen LogP contribution is 2.01. The molecule has 0 radical (unpaired) electrons. The molecule has 72 valence electrons. The molecule has 0 saturated heterocycles. The van der Waals surface area contributed by atoms with Crippen LogP contribution in [-0.2, 0) is 4.79 Å². The Morgan fingerprint density at radius 1 is 1.50 bits per heavy atom. The number of carbonyl (C=O) groups is 1. The van der Waals surface area contributed by atoms with Gasteiger partial charge in [0.05, 0.1) is 0 Å². The summed E-state index contributed by atoms with van der Waals surface area (Å²) in [5, 5.41) is 32.0. The Morgan fingerprint density at radius 3 is 1.83 bits per heavy atom. The molecule has 0 fully saturated rings. The molecule has 0 heterocycles. The van der Waals surface area contributed by atoms with Gasteiger partial charge in [0.1, 0.15) is 0 Å². The molecule has 0 aromatic rings. The Kier molecular flexibility index (Phi) is 7.72. The van der Waals surface area contributed by atoms with E-state index in [9.17, 15) is 4.79 Å². The van der Waals surface area contributed by atoms with Crippen LogP contribution in [0.2, 0.25) is 0 Å². The van der Waals surface area contributed by atoms with Crippen molar-refractivity contribution < 1.29 is 25.2 Å². The van der Waals surface area contributed by atoms with E-state index in [0.29, 0.717) is 6.42 Å². The minimum atomic E-state index is -2.45. The van der Waals surface area contributed by atoms with Gasteiger partial charge in [0.2, 0.25) is 0 Å². The maximum atomic E-state index is 9.25. The summed E-state index contributed by atoms with van der Waals surface area (Å²) < 4.78 is 0. The lowest BCUT2D eigenvalue weighted by atomic mass is 10.3. The van der Waals surface area contributed by atoms with Crippen LogP contribution in [-0.4, -0.2) is 32.4 Å². The van der Waals surface area contributed by atoms with Gasteiger partial charge >= 0.3 is 5.97 Å². The van der Waals surface area contributed by atoms with E-state index < -0.39 is 11.9 Å². The second-order valence-corrected chi connectivity index (χ2v) is 2.07. The van der Waals surface area contributed by atoms with E-state index >= 15 is 0 Å². The Hall–Kier alpha value is -0.910. The first kappa shape index (κ1) is 13.7. The largest absolute Gasteiger partial charge is 0.478 e. The molecular weight excluding hydrogens is 164 g/mol. The molecule has 0 aliphatic rings. The van der Waals surface area contributed by atoms with Crippen LogP contribution in [0.1, 0.15) is 19.8 Å². The number of carboxylic acids is 1. The summed E-state index contributed by atoms with van der Waals surface area (Å²) in [5.41, 5.74) is 0. The molecule has 0 rings (SSSR count). The molecule has 12 heavy (non-hydrogen) atoms. The van der Waals surface area contributed by atoms with Crippen molar-refractivity contribution in [2.45, 2.75) is 25.7 Å². The van der Waals surface area contributed by atoms with E-state index in [4.69, 9.17) is 20.4 Å². The number of hydrogen-bond donors (Lipinski definition) is 4. The maximum absolute atomic E-state index is 9.25. The Morgan fingerprint density at radius 2 is 1.83 bits per heavy atom. The topological polar surface area (TPSA) is 98.0 Å². The van der Waals surface area contributed by atoms with Gasteiger partial charge in [-0.05, 0) is 6.42 Å². The molecule has 0 aromatic carbocycles. The highest BCUT2D eigenvalue weighted by Gasteiger charge is 2.14. The van der Waals surface area contributed by atoms with Crippen molar-refractivity contribution >= 4 is 5.97 Å². The van der Waals surface area contributed by atoms with Gasteiger partial charge in [-0.15, -0.1) is 0 Å². The summed E-state index contributed by atoms with van der Waals surface area (Å²) >= 11 is 0. The number of aliphatic carboxylic acids is 1. The fraction of sp³-hybridized carbons (Fsp3) is 0.571. The zero-order valence-corrected chi connectivity index (χ0v) is 6.90. The second kappa shape index (κ2) is 6.78. The third kappa shape index (κ3) is 23.0. The predicted octanol–water partition coefficient (Wildman–Crippen LogP) is -0.326. The first-order valence-corrected chi connectivity index (χ1v) is 3.36.